The number of esters is 1. The van der Waals surface area contributed by atoms with E-state index < -0.39 is 28.8 Å². The molecule has 0 N–H and O–H groups in total. The number of benzene rings is 3. The number of halogens is 1. The molecule has 6 rings (SSSR count). The molecule has 4 aromatic rings. The maximum atomic E-state index is 14.2. The summed E-state index contributed by atoms with van der Waals surface area (Å²) in [5, 5.41) is 11.0. The molecule has 0 atom stereocenters. The zero-order valence-electron chi connectivity index (χ0n) is 28.0. The third-order valence-corrected chi connectivity index (χ3v) is 10.4. The Morgan fingerprint density at radius 3 is 2.37 bits per heavy atom. The lowest BCUT2D eigenvalue weighted by Crippen LogP contribution is -2.38. The number of amides is 1. The molecule has 2 aliphatic carbocycles. The summed E-state index contributed by atoms with van der Waals surface area (Å²) in [5.74, 6) is -0.616. The quantitative estimate of drug-likeness (QED) is 0.166. The zero-order chi connectivity index (χ0) is 34.7. The first kappa shape index (κ1) is 34.1. The van der Waals surface area contributed by atoms with E-state index in [0.717, 1.165) is 31.2 Å². The number of aromatic nitrogens is 1. The van der Waals surface area contributed by atoms with Crippen LogP contribution in [-0.4, -0.2) is 36.2 Å². The molecule has 10 heteroatoms. The number of rotatable bonds is 9. The fraction of sp³-hybridized carbons (Fsp3) is 0.385. The lowest BCUT2D eigenvalue weighted by Gasteiger charge is -2.35. The Balaban J connectivity index is 1.30. The van der Waals surface area contributed by atoms with Gasteiger partial charge in [0.2, 0.25) is 0 Å². The maximum absolute atomic E-state index is 14.2. The third-order valence-electron chi connectivity index (χ3n) is 10.1. The molecular weight excluding hydrogens is 642 g/mol. The highest BCUT2D eigenvalue weighted by Gasteiger charge is 2.41. The summed E-state index contributed by atoms with van der Waals surface area (Å²) in [6, 6.07) is 22.3. The van der Waals surface area contributed by atoms with Crippen LogP contribution in [0.4, 0.5) is 5.69 Å². The SMILES string of the molecule is CCN(C(=O)c1c(OC(=O)C2CCC(C#N)(c3ccc(OC)c(OC4CCCC4)c3)CC2)c2c(Cl)cccc2n(C)c1=O)c1ccccc1. The average Bonchev–Trinajstić information content (AvgIpc) is 3.64. The highest BCUT2D eigenvalue weighted by molar-refractivity contribution is 6.36. The van der Waals surface area contributed by atoms with Crippen molar-refractivity contribution in [3.8, 4) is 23.3 Å². The topological polar surface area (TPSA) is 111 Å². The second-order valence-electron chi connectivity index (χ2n) is 12.9. The Morgan fingerprint density at radius 1 is 1.00 bits per heavy atom. The monoisotopic (exact) mass is 681 g/mol. The van der Waals surface area contributed by atoms with Gasteiger partial charge in [-0.15, -0.1) is 0 Å². The van der Waals surface area contributed by atoms with Crippen molar-refractivity contribution in [1.29, 1.82) is 5.26 Å². The van der Waals surface area contributed by atoms with Crippen LogP contribution in [0.5, 0.6) is 17.2 Å². The van der Waals surface area contributed by atoms with E-state index in [4.69, 9.17) is 25.8 Å². The van der Waals surface area contributed by atoms with Crippen LogP contribution in [0.3, 0.4) is 0 Å². The van der Waals surface area contributed by atoms with Gasteiger partial charge in [0.1, 0.15) is 5.56 Å². The van der Waals surface area contributed by atoms with Gasteiger partial charge in [-0.1, -0.05) is 41.9 Å². The number of carbonyl (C=O) groups excluding carboxylic acids is 2. The Labute approximate surface area is 290 Å². The molecule has 0 unspecified atom stereocenters. The molecule has 0 aliphatic heterocycles. The van der Waals surface area contributed by atoms with Gasteiger partial charge in [0.25, 0.3) is 11.5 Å². The molecule has 0 radical (unpaired) electrons. The van der Waals surface area contributed by atoms with Crippen LogP contribution in [0.15, 0.2) is 71.5 Å². The molecule has 1 heterocycles. The number of nitrogens with zero attached hydrogens (tertiary/aromatic N) is 3. The van der Waals surface area contributed by atoms with E-state index in [9.17, 15) is 19.6 Å². The van der Waals surface area contributed by atoms with E-state index in [0.29, 0.717) is 53.8 Å². The summed E-state index contributed by atoms with van der Waals surface area (Å²) in [5.41, 5.74) is 0.171. The van der Waals surface area contributed by atoms with E-state index in [-0.39, 0.29) is 29.0 Å². The summed E-state index contributed by atoms with van der Waals surface area (Å²) in [4.78, 5) is 43.4. The van der Waals surface area contributed by atoms with Crippen molar-refractivity contribution >= 4 is 40.1 Å². The molecule has 2 fully saturated rings. The van der Waals surface area contributed by atoms with Crippen molar-refractivity contribution in [2.24, 2.45) is 13.0 Å². The largest absolute Gasteiger partial charge is 0.493 e. The van der Waals surface area contributed by atoms with Crippen LogP contribution < -0.4 is 24.7 Å². The third kappa shape index (κ3) is 6.50. The lowest BCUT2D eigenvalue weighted by atomic mass is 9.67. The minimum atomic E-state index is -0.825. The maximum Gasteiger partial charge on any atom is 0.314 e. The summed E-state index contributed by atoms with van der Waals surface area (Å²) >= 11 is 6.69. The number of para-hydroxylation sites is 1. The molecule has 1 amide bonds. The molecule has 0 bridgehead atoms. The Hall–Kier alpha value is -4.81. The summed E-state index contributed by atoms with van der Waals surface area (Å²) in [6.07, 6.45) is 5.96. The van der Waals surface area contributed by atoms with Crippen molar-refractivity contribution in [2.45, 2.75) is 69.8 Å². The first-order valence-electron chi connectivity index (χ1n) is 16.9. The number of carbonyl (C=O) groups is 2. The van der Waals surface area contributed by atoms with E-state index in [2.05, 4.69) is 6.07 Å². The number of ether oxygens (including phenoxy) is 3. The molecule has 49 heavy (non-hydrogen) atoms. The first-order valence-corrected chi connectivity index (χ1v) is 17.2. The first-order chi connectivity index (χ1) is 23.7. The van der Waals surface area contributed by atoms with Gasteiger partial charge in [0.15, 0.2) is 17.2 Å². The summed E-state index contributed by atoms with van der Waals surface area (Å²) in [7, 11) is 3.17. The van der Waals surface area contributed by atoms with Gasteiger partial charge >= 0.3 is 5.97 Å². The minimum Gasteiger partial charge on any atom is -0.493 e. The van der Waals surface area contributed by atoms with Crippen LogP contribution in [0, 0.1) is 17.2 Å². The van der Waals surface area contributed by atoms with Gasteiger partial charge in [-0.25, -0.2) is 0 Å². The van der Waals surface area contributed by atoms with Crippen LogP contribution in [0.2, 0.25) is 5.02 Å². The highest BCUT2D eigenvalue weighted by Crippen LogP contribution is 2.45. The Kier molecular flexibility index (Phi) is 9.98. The predicted molar refractivity (Wildman–Crippen MR) is 189 cm³/mol. The van der Waals surface area contributed by atoms with Gasteiger partial charge in [0, 0.05) is 19.3 Å². The molecule has 1 aromatic heterocycles. The van der Waals surface area contributed by atoms with Gasteiger partial charge in [0.05, 0.1) is 46.5 Å². The summed E-state index contributed by atoms with van der Waals surface area (Å²) < 4.78 is 19.3. The van der Waals surface area contributed by atoms with E-state index in [1.165, 1.54) is 9.47 Å². The normalized spacial score (nSPS) is 19.3. The van der Waals surface area contributed by atoms with Crippen LogP contribution >= 0.6 is 11.6 Å². The number of anilines is 1. The minimum absolute atomic E-state index is 0.126. The number of hydrogen-bond donors (Lipinski definition) is 0. The fourth-order valence-electron chi connectivity index (χ4n) is 7.24. The standard InChI is InChI=1S/C39H40ClN3O6/c1-4-43(27-11-6-5-7-12-27)37(45)34-35(33-29(40)15-10-16-30(33)42(2)36(34)44)49-38(46)25-19-21-39(24-41,22-20-25)26-17-18-31(47-3)32(23-26)48-28-13-8-9-14-28/h5-7,10-12,15-18,23,25,28H,4,8-9,13-14,19-22H2,1-3H3. The smallest absolute Gasteiger partial charge is 0.314 e. The van der Waals surface area contributed by atoms with Gasteiger partial charge < -0.3 is 23.7 Å². The fourth-order valence-corrected chi connectivity index (χ4v) is 7.50. The average molecular weight is 682 g/mol. The van der Waals surface area contributed by atoms with Crippen LogP contribution in [-0.2, 0) is 17.3 Å². The molecular formula is C39H40ClN3O6. The van der Waals surface area contributed by atoms with Gasteiger partial charge in [-0.05, 0) is 100 Å². The van der Waals surface area contributed by atoms with Crippen molar-refractivity contribution in [3.05, 3.63) is 93.2 Å². The van der Waals surface area contributed by atoms with E-state index >= 15 is 0 Å². The zero-order valence-corrected chi connectivity index (χ0v) is 28.8. The number of fused-ring (bicyclic) bond motifs is 1. The van der Waals surface area contributed by atoms with Crippen molar-refractivity contribution < 1.29 is 23.8 Å². The van der Waals surface area contributed by atoms with Crippen molar-refractivity contribution in [2.75, 3.05) is 18.6 Å². The number of pyridine rings is 1. The summed E-state index contributed by atoms with van der Waals surface area (Å²) in [6.45, 7) is 2.09. The molecule has 2 saturated carbocycles. The molecule has 0 spiro atoms. The lowest BCUT2D eigenvalue weighted by molar-refractivity contribution is -0.140. The van der Waals surface area contributed by atoms with E-state index in [1.54, 1.807) is 56.6 Å². The second-order valence-corrected chi connectivity index (χ2v) is 13.3. The number of aryl methyl sites for hydroxylation is 1. The van der Waals surface area contributed by atoms with Gasteiger partial charge in [-0.3, -0.25) is 14.4 Å². The molecule has 9 nitrogen and oxygen atoms in total. The Morgan fingerprint density at radius 2 is 1.71 bits per heavy atom. The molecule has 2 aliphatic rings. The highest BCUT2D eigenvalue weighted by atomic mass is 35.5. The second kappa shape index (κ2) is 14.4. The molecule has 254 valence electrons. The van der Waals surface area contributed by atoms with Crippen LogP contribution in [0.1, 0.15) is 74.2 Å². The predicted octanol–water partition coefficient (Wildman–Crippen LogP) is 7.75. The molecule has 3 aromatic carbocycles. The number of hydrogen-bond acceptors (Lipinski definition) is 7. The number of nitriles is 1. The van der Waals surface area contributed by atoms with Crippen LogP contribution in [0.25, 0.3) is 10.9 Å². The number of methoxy groups -OCH3 is 1. The van der Waals surface area contributed by atoms with E-state index in [1.807, 2.05) is 31.2 Å². The Bertz CT molecular complexity index is 1970. The van der Waals surface area contributed by atoms with Crippen molar-refractivity contribution in [1.82, 2.24) is 4.57 Å². The van der Waals surface area contributed by atoms with Gasteiger partial charge in [-0.2, -0.15) is 5.26 Å². The molecule has 0 saturated heterocycles. The van der Waals surface area contributed by atoms with Crippen molar-refractivity contribution in [3.63, 3.8) is 0 Å².